The highest BCUT2D eigenvalue weighted by Crippen LogP contribution is 2.38. The molecule has 3 N–H and O–H groups in total. The van der Waals surface area contributed by atoms with E-state index in [1.165, 1.54) is 6.42 Å². The summed E-state index contributed by atoms with van der Waals surface area (Å²) in [4.78, 5) is 12.1. The van der Waals surface area contributed by atoms with Crippen molar-refractivity contribution >= 4 is 5.97 Å². The lowest BCUT2D eigenvalue weighted by atomic mass is 9.73. The van der Waals surface area contributed by atoms with Gasteiger partial charge in [0.15, 0.2) is 0 Å². The number of rotatable bonds is 7. The second-order valence-electron chi connectivity index (χ2n) is 7.45. The molecule has 0 radical (unpaired) electrons. The first kappa shape index (κ1) is 18.4. The number of carbonyl (C=O) groups excluding carboxylic acids is 1. The first-order valence-electron chi connectivity index (χ1n) is 8.41. The van der Waals surface area contributed by atoms with E-state index in [1.807, 2.05) is 20.8 Å². The highest BCUT2D eigenvalue weighted by atomic mass is 16.6. The van der Waals surface area contributed by atoms with Crippen molar-refractivity contribution in [1.82, 2.24) is 0 Å². The van der Waals surface area contributed by atoms with E-state index in [9.17, 15) is 9.90 Å². The van der Waals surface area contributed by atoms with Crippen molar-refractivity contribution in [2.45, 2.75) is 89.8 Å². The Morgan fingerprint density at radius 1 is 1.19 bits per heavy atom. The Labute approximate surface area is 129 Å². The van der Waals surface area contributed by atoms with E-state index in [0.717, 1.165) is 38.5 Å². The Morgan fingerprint density at radius 2 is 1.81 bits per heavy atom. The van der Waals surface area contributed by atoms with Crippen molar-refractivity contribution in [3.05, 3.63) is 0 Å². The zero-order chi connectivity index (χ0) is 15.9. The molecule has 0 saturated heterocycles. The molecule has 0 heterocycles. The summed E-state index contributed by atoms with van der Waals surface area (Å²) in [6, 6.07) is 0. The van der Waals surface area contributed by atoms with E-state index in [0.29, 0.717) is 13.0 Å². The molecule has 1 aliphatic rings. The van der Waals surface area contributed by atoms with Crippen LogP contribution >= 0.6 is 0 Å². The van der Waals surface area contributed by atoms with Gasteiger partial charge in [-0.15, -0.1) is 0 Å². The standard InChI is InChI=1S/C17H33NO3/c1-16(2,3)21-15(19)13-17(20,11-7-8-12-18)14-9-5-4-6-10-14/h14,20H,4-13,18H2,1-3H3. The molecule has 1 unspecified atom stereocenters. The molecule has 0 aromatic heterocycles. The molecule has 1 rings (SSSR count). The SMILES string of the molecule is CC(C)(C)OC(=O)CC(O)(CCCCN)C1CCCCC1. The maximum absolute atomic E-state index is 12.1. The second-order valence-corrected chi connectivity index (χ2v) is 7.45. The Hall–Kier alpha value is -0.610. The largest absolute Gasteiger partial charge is 0.460 e. The van der Waals surface area contributed by atoms with Crippen LogP contribution in [0.2, 0.25) is 0 Å². The van der Waals surface area contributed by atoms with Crippen molar-refractivity contribution in [3.8, 4) is 0 Å². The quantitative estimate of drug-likeness (QED) is 0.559. The topological polar surface area (TPSA) is 72.5 Å². The van der Waals surface area contributed by atoms with Gasteiger partial charge in [0.25, 0.3) is 0 Å². The van der Waals surface area contributed by atoms with Crippen LogP contribution in [-0.4, -0.2) is 28.8 Å². The maximum Gasteiger partial charge on any atom is 0.309 e. The highest BCUT2D eigenvalue weighted by molar-refractivity contribution is 5.71. The van der Waals surface area contributed by atoms with Crippen LogP contribution in [0, 0.1) is 5.92 Å². The summed E-state index contributed by atoms with van der Waals surface area (Å²) in [5.41, 5.74) is 4.13. The summed E-state index contributed by atoms with van der Waals surface area (Å²) in [7, 11) is 0. The average molecular weight is 299 g/mol. The van der Waals surface area contributed by atoms with Crippen LogP contribution in [-0.2, 0) is 9.53 Å². The summed E-state index contributed by atoms with van der Waals surface area (Å²) in [6.07, 6.45) is 8.09. The van der Waals surface area contributed by atoms with E-state index in [4.69, 9.17) is 10.5 Å². The number of carbonyl (C=O) groups is 1. The Morgan fingerprint density at radius 3 is 2.33 bits per heavy atom. The first-order chi connectivity index (χ1) is 9.77. The molecule has 1 saturated carbocycles. The lowest BCUT2D eigenvalue weighted by Crippen LogP contribution is -2.42. The van der Waals surface area contributed by atoms with E-state index >= 15 is 0 Å². The van der Waals surface area contributed by atoms with Gasteiger partial charge in [0.1, 0.15) is 5.60 Å². The van der Waals surface area contributed by atoms with Crippen molar-refractivity contribution in [1.29, 1.82) is 0 Å². The number of esters is 1. The summed E-state index contributed by atoms with van der Waals surface area (Å²) in [5, 5.41) is 11.1. The van der Waals surface area contributed by atoms with Crippen LogP contribution in [0.4, 0.5) is 0 Å². The molecule has 0 aliphatic heterocycles. The predicted octanol–water partition coefficient (Wildman–Crippen LogP) is 3.16. The lowest BCUT2D eigenvalue weighted by molar-refractivity contribution is -0.164. The van der Waals surface area contributed by atoms with Gasteiger partial charge in [-0.3, -0.25) is 4.79 Å². The van der Waals surface area contributed by atoms with Crippen LogP contribution in [0.1, 0.15) is 78.6 Å². The van der Waals surface area contributed by atoms with Gasteiger partial charge in [0, 0.05) is 0 Å². The molecule has 0 amide bonds. The monoisotopic (exact) mass is 299 g/mol. The van der Waals surface area contributed by atoms with Gasteiger partial charge in [-0.25, -0.2) is 0 Å². The van der Waals surface area contributed by atoms with E-state index in [-0.39, 0.29) is 18.3 Å². The predicted molar refractivity (Wildman–Crippen MR) is 84.9 cm³/mol. The summed E-state index contributed by atoms with van der Waals surface area (Å²) in [6.45, 7) is 6.21. The third-order valence-electron chi connectivity index (χ3n) is 4.30. The maximum atomic E-state index is 12.1. The van der Waals surface area contributed by atoms with Crippen LogP contribution < -0.4 is 5.73 Å². The number of hydrogen-bond donors (Lipinski definition) is 2. The fourth-order valence-corrected chi connectivity index (χ4v) is 3.28. The number of nitrogens with two attached hydrogens (primary N) is 1. The molecule has 0 aromatic carbocycles. The molecule has 0 spiro atoms. The molecule has 4 nitrogen and oxygen atoms in total. The first-order valence-corrected chi connectivity index (χ1v) is 8.41. The van der Waals surface area contributed by atoms with Crippen LogP contribution in [0.15, 0.2) is 0 Å². The zero-order valence-corrected chi connectivity index (χ0v) is 14.0. The summed E-state index contributed by atoms with van der Waals surface area (Å²) < 4.78 is 5.41. The van der Waals surface area contributed by atoms with E-state index in [1.54, 1.807) is 0 Å². The van der Waals surface area contributed by atoms with Crippen molar-refractivity contribution < 1.29 is 14.6 Å². The molecule has 0 bridgehead atoms. The van der Waals surface area contributed by atoms with Gasteiger partial charge in [-0.2, -0.15) is 0 Å². The van der Waals surface area contributed by atoms with Crippen molar-refractivity contribution in [2.24, 2.45) is 11.7 Å². The molecular formula is C17H33NO3. The third kappa shape index (κ3) is 6.79. The zero-order valence-electron chi connectivity index (χ0n) is 14.0. The number of hydrogen-bond acceptors (Lipinski definition) is 4. The molecule has 0 aromatic rings. The van der Waals surface area contributed by atoms with Gasteiger partial charge < -0.3 is 15.6 Å². The van der Waals surface area contributed by atoms with Gasteiger partial charge in [-0.1, -0.05) is 19.3 Å². The molecule has 1 atom stereocenters. The lowest BCUT2D eigenvalue weighted by Gasteiger charge is -2.38. The minimum Gasteiger partial charge on any atom is -0.460 e. The Bertz CT molecular complexity index is 318. The normalized spacial score (nSPS) is 20.0. The Balaban J connectivity index is 2.68. The van der Waals surface area contributed by atoms with Gasteiger partial charge >= 0.3 is 5.97 Å². The third-order valence-corrected chi connectivity index (χ3v) is 4.30. The van der Waals surface area contributed by atoms with Gasteiger partial charge in [0.2, 0.25) is 0 Å². The number of aliphatic hydroxyl groups is 1. The molecule has 4 heteroatoms. The minimum atomic E-state index is -0.919. The van der Waals surface area contributed by atoms with E-state index in [2.05, 4.69) is 0 Å². The van der Waals surface area contributed by atoms with Crippen LogP contribution in [0.25, 0.3) is 0 Å². The van der Waals surface area contributed by atoms with Gasteiger partial charge in [-0.05, 0) is 65.3 Å². The fourth-order valence-electron chi connectivity index (χ4n) is 3.28. The fraction of sp³-hybridized carbons (Fsp3) is 0.941. The van der Waals surface area contributed by atoms with Gasteiger partial charge in [0.05, 0.1) is 12.0 Å². The molecule has 1 aliphatic carbocycles. The van der Waals surface area contributed by atoms with E-state index < -0.39 is 11.2 Å². The highest BCUT2D eigenvalue weighted by Gasteiger charge is 2.39. The molecule has 21 heavy (non-hydrogen) atoms. The Kier molecular flexibility index (Phi) is 7.14. The van der Waals surface area contributed by atoms with Crippen LogP contribution in [0.3, 0.4) is 0 Å². The number of ether oxygens (including phenoxy) is 1. The molecular weight excluding hydrogens is 266 g/mol. The average Bonchev–Trinajstić information content (AvgIpc) is 2.37. The molecule has 1 fully saturated rings. The minimum absolute atomic E-state index is 0.111. The smallest absolute Gasteiger partial charge is 0.309 e. The summed E-state index contributed by atoms with van der Waals surface area (Å²) >= 11 is 0. The van der Waals surface area contributed by atoms with Crippen molar-refractivity contribution in [2.75, 3.05) is 6.54 Å². The van der Waals surface area contributed by atoms with Crippen molar-refractivity contribution in [3.63, 3.8) is 0 Å². The second kappa shape index (κ2) is 8.14. The number of unbranched alkanes of at least 4 members (excludes halogenated alkanes) is 1. The summed E-state index contributed by atoms with van der Waals surface area (Å²) in [5.74, 6) is -0.0696. The molecule has 124 valence electrons. The van der Waals surface area contributed by atoms with Crippen LogP contribution in [0.5, 0.6) is 0 Å².